The van der Waals surface area contributed by atoms with E-state index >= 15 is 0 Å². The van der Waals surface area contributed by atoms with Crippen LogP contribution in [0.1, 0.15) is 0 Å². The van der Waals surface area contributed by atoms with Crippen molar-refractivity contribution in [2.24, 2.45) is 0 Å². The minimum absolute atomic E-state index is 0. The van der Waals surface area contributed by atoms with Crippen molar-refractivity contribution in [3.63, 3.8) is 0 Å². The molecule has 0 saturated carbocycles. The van der Waals surface area contributed by atoms with Gasteiger partial charge in [-0.05, 0) is 0 Å². The van der Waals surface area contributed by atoms with Crippen molar-refractivity contribution in [1.29, 1.82) is 4.78 Å². The second-order valence-electron chi connectivity index (χ2n) is 0.439. The maximum Gasteiger partial charge on any atom is 0.316 e. The molecule has 0 amide bonds. The predicted molar refractivity (Wildman–Crippen MR) is 24.8 cm³/mol. The summed E-state index contributed by atoms with van der Waals surface area (Å²) in [5.41, 5.74) is 0. The molecule has 7 heteroatoms. The van der Waals surface area contributed by atoms with E-state index in [0.717, 1.165) is 0 Å². The van der Waals surface area contributed by atoms with Crippen LogP contribution in [0.15, 0.2) is 0 Å². The summed E-state index contributed by atoms with van der Waals surface area (Å²) in [7, 11) is -5.18. The fraction of sp³-hybridized carbons (Fsp3) is 0. The zero-order chi connectivity index (χ0) is 5.15. The number of hydrogen-bond donors (Lipinski definition) is 2. The molecule has 0 aromatic heterocycles. The first-order valence-corrected chi connectivity index (χ1v) is 3.61. The van der Waals surface area contributed by atoms with Gasteiger partial charge in [0, 0.05) is 0 Å². The molecule has 0 atom stereocenters. The van der Waals surface area contributed by atoms with E-state index in [-0.39, 0.29) is 6.15 Å². The summed E-state index contributed by atoms with van der Waals surface area (Å²) in [6, 6.07) is 0. The Bertz CT molecular complexity index is 197. The van der Waals surface area contributed by atoms with E-state index in [2.05, 4.69) is 0 Å². The van der Waals surface area contributed by atoms with E-state index in [0.29, 0.717) is 0 Å². The zero-order valence-corrected chi connectivity index (χ0v) is 4.88. The predicted octanol–water partition coefficient (Wildman–Crippen LogP) is -0.546. The van der Waals surface area contributed by atoms with Crippen molar-refractivity contribution < 1.29 is 12.6 Å². The minimum Gasteiger partial charge on any atom is -0.344 e. The third kappa shape index (κ3) is 5.60. The molecule has 0 aromatic rings. The molecule has 0 saturated heterocycles. The molecular formula is H4N2O3S2. The van der Waals surface area contributed by atoms with Gasteiger partial charge >= 0.3 is 9.26 Å². The van der Waals surface area contributed by atoms with Crippen LogP contribution in [0.2, 0.25) is 0 Å². The maximum atomic E-state index is 9.31. The van der Waals surface area contributed by atoms with Crippen molar-refractivity contribution in [3.05, 3.63) is 0 Å². The van der Waals surface area contributed by atoms with E-state index in [9.17, 15) is 12.6 Å². The van der Waals surface area contributed by atoms with Gasteiger partial charge in [-0.1, -0.05) is 0 Å². The van der Waals surface area contributed by atoms with Gasteiger partial charge in [0.25, 0.3) is 0 Å². The molecule has 0 spiro atoms. The van der Waals surface area contributed by atoms with Crippen molar-refractivity contribution in [2.45, 2.75) is 0 Å². The Morgan fingerprint density at radius 1 is 1.14 bits per heavy atom. The average Bonchev–Trinajstić information content (AvgIpc) is 1.36. The molecule has 0 bridgehead atoms. The first-order valence-electron chi connectivity index (χ1n) is 0.871. The Labute approximate surface area is 42.7 Å². The van der Waals surface area contributed by atoms with Gasteiger partial charge in [0.15, 0.2) is 0 Å². The molecule has 0 aliphatic rings. The van der Waals surface area contributed by atoms with Gasteiger partial charge in [0.1, 0.15) is 0 Å². The Hall–Kier alpha value is -0.400. The third-order valence-electron chi connectivity index (χ3n) is 0.124. The highest BCUT2D eigenvalue weighted by Gasteiger charge is 1.55. The van der Waals surface area contributed by atoms with Gasteiger partial charge in [-0.2, -0.15) is 12.6 Å². The lowest BCUT2D eigenvalue weighted by molar-refractivity contribution is 0.626. The van der Waals surface area contributed by atoms with Crippen LogP contribution in [-0.4, -0.2) is 12.6 Å². The molecule has 7 heavy (non-hydrogen) atoms. The smallest absolute Gasteiger partial charge is 0.316 e. The lowest BCUT2D eigenvalue weighted by atomic mass is 14.0. The van der Waals surface area contributed by atoms with Crippen LogP contribution in [0.5, 0.6) is 0 Å². The highest BCUT2D eigenvalue weighted by molar-refractivity contribution is 8.21. The first-order chi connectivity index (χ1) is 2.64. The largest absolute Gasteiger partial charge is 0.344 e. The molecule has 5 nitrogen and oxygen atoms in total. The summed E-state index contributed by atoms with van der Waals surface area (Å²) < 4.78 is 33.6. The van der Waals surface area contributed by atoms with Crippen molar-refractivity contribution in [3.8, 4) is 0 Å². The van der Waals surface area contributed by atoms with Crippen LogP contribution in [0.25, 0.3) is 0 Å². The number of nitrogens with one attached hydrogen (secondary N) is 1. The lowest BCUT2D eigenvalue weighted by Crippen LogP contribution is -1.51. The Kier molecular flexibility index (Phi) is 5.28. The normalized spacial score (nSPS) is 6.29. The van der Waals surface area contributed by atoms with E-state index in [4.69, 9.17) is 4.78 Å². The van der Waals surface area contributed by atoms with Crippen molar-refractivity contribution in [2.75, 3.05) is 0 Å². The first kappa shape index (κ1) is 9.78. The number of hydrogen-bond acceptors (Lipinski definition) is 5. The van der Waals surface area contributed by atoms with Gasteiger partial charge in [0.05, 0.1) is 0 Å². The van der Waals surface area contributed by atoms with Crippen LogP contribution in [0.4, 0.5) is 0 Å². The summed E-state index contributed by atoms with van der Waals surface area (Å²) in [5.74, 6) is 0. The molecule has 4 N–H and O–H groups in total. The Morgan fingerprint density at radius 2 is 1.29 bits per heavy atom. The third-order valence-corrected chi connectivity index (χ3v) is 1.11. The average molecular weight is 144 g/mol. The van der Waals surface area contributed by atoms with Crippen LogP contribution in [-0.2, 0) is 18.4 Å². The van der Waals surface area contributed by atoms with Gasteiger partial charge in [-0.15, -0.1) is 0 Å². The fourth-order valence-corrected chi connectivity index (χ4v) is 0. The molecule has 0 radical (unpaired) electrons. The lowest BCUT2D eigenvalue weighted by Gasteiger charge is -1.32. The summed E-state index contributed by atoms with van der Waals surface area (Å²) >= 11 is 0. The molecule has 44 valence electrons. The quantitative estimate of drug-likeness (QED) is 0.475. The van der Waals surface area contributed by atoms with Gasteiger partial charge in [0.2, 0.25) is 9.16 Å². The summed E-state index contributed by atoms with van der Waals surface area (Å²) in [4.78, 5) is 0. The fourth-order valence-electron chi connectivity index (χ4n) is 0. The second kappa shape index (κ2) is 3.78. The summed E-state index contributed by atoms with van der Waals surface area (Å²) in [5, 5.41) is 0. The monoisotopic (exact) mass is 144 g/mol. The topological polar surface area (TPSA) is 110 Å². The molecular weight excluding hydrogens is 140 g/mol. The highest BCUT2D eigenvalue weighted by Crippen LogP contribution is 1.35. The Morgan fingerprint density at radius 3 is 1.29 bits per heavy atom. The molecule has 0 heterocycles. The van der Waals surface area contributed by atoms with Crippen molar-refractivity contribution >= 4 is 18.4 Å². The highest BCUT2D eigenvalue weighted by atomic mass is 32.8. The molecule has 0 aliphatic heterocycles. The maximum absolute atomic E-state index is 9.31. The minimum atomic E-state index is -2.73. The molecule has 0 aromatic carbocycles. The zero-order valence-electron chi connectivity index (χ0n) is 3.25. The second-order valence-corrected chi connectivity index (χ2v) is 3.04. The molecule has 0 fully saturated rings. The van der Waals surface area contributed by atoms with Crippen LogP contribution in [0, 0.1) is 4.78 Å². The van der Waals surface area contributed by atoms with Crippen molar-refractivity contribution in [1.82, 2.24) is 6.15 Å². The van der Waals surface area contributed by atoms with Gasteiger partial charge in [-0.3, -0.25) is 0 Å². The van der Waals surface area contributed by atoms with E-state index < -0.39 is 18.4 Å². The van der Waals surface area contributed by atoms with Crippen LogP contribution >= 0.6 is 0 Å². The van der Waals surface area contributed by atoms with E-state index in [1.165, 1.54) is 0 Å². The summed E-state index contributed by atoms with van der Waals surface area (Å²) in [6.45, 7) is 0. The standard InChI is InChI=1S/HNO3S2.H3N/c1-5(2)6(3)4;/h1H;1H3. The molecule has 0 unspecified atom stereocenters. The van der Waals surface area contributed by atoms with E-state index in [1.54, 1.807) is 0 Å². The SMILES string of the molecule is N.N=S(=O)=S(=O)=O. The number of rotatable bonds is 0. The van der Waals surface area contributed by atoms with Gasteiger partial charge < -0.3 is 6.15 Å². The Balaban J connectivity index is 0. The summed E-state index contributed by atoms with van der Waals surface area (Å²) in [6.07, 6.45) is 0. The van der Waals surface area contributed by atoms with Crippen LogP contribution in [0.3, 0.4) is 0 Å². The molecule has 0 aliphatic carbocycles. The van der Waals surface area contributed by atoms with Crippen LogP contribution < -0.4 is 6.15 Å². The van der Waals surface area contributed by atoms with Gasteiger partial charge in [-0.25, -0.2) is 4.78 Å². The van der Waals surface area contributed by atoms with E-state index in [1.807, 2.05) is 0 Å². The molecule has 0 rings (SSSR count).